The van der Waals surface area contributed by atoms with E-state index in [1.165, 1.54) is 0 Å². The Kier molecular flexibility index (Phi) is 7.22. The molecule has 0 aliphatic carbocycles. The van der Waals surface area contributed by atoms with Gasteiger partial charge >= 0.3 is 0 Å². The Morgan fingerprint density at radius 1 is 0.969 bits per heavy atom. The number of hydrogen-bond donors (Lipinski definition) is 1. The van der Waals surface area contributed by atoms with Gasteiger partial charge in [-0.2, -0.15) is 5.06 Å². The van der Waals surface area contributed by atoms with Crippen molar-refractivity contribution in [1.29, 1.82) is 0 Å². The Balaban J connectivity index is 1.44. The maximum Gasteiger partial charge on any atom is 0.218 e. The Morgan fingerprint density at radius 2 is 1.66 bits per heavy atom. The van der Waals surface area contributed by atoms with Crippen LogP contribution in [-0.2, 0) is 27.9 Å². The van der Waals surface area contributed by atoms with Crippen LogP contribution in [0.1, 0.15) is 22.7 Å². The lowest BCUT2D eigenvalue weighted by atomic mass is 10.0. The number of sulfonamides is 1. The largest absolute Gasteiger partial charge is 0.489 e. The van der Waals surface area contributed by atoms with Crippen molar-refractivity contribution in [3.05, 3.63) is 102 Å². The summed E-state index contributed by atoms with van der Waals surface area (Å²) in [4.78, 5) is 5.63. The average molecular weight is 453 g/mol. The van der Waals surface area contributed by atoms with E-state index in [1.807, 2.05) is 84.9 Å². The van der Waals surface area contributed by atoms with Gasteiger partial charge in [0.25, 0.3) is 0 Å². The number of hydrogen-bond acceptors (Lipinski definition) is 5. The zero-order chi connectivity index (χ0) is 22.4. The van der Waals surface area contributed by atoms with Gasteiger partial charge in [0.05, 0.1) is 12.6 Å². The van der Waals surface area contributed by atoms with Gasteiger partial charge in [-0.25, -0.2) is 13.1 Å². The smallest absolute Gasteiger partial charge is 0.218 e. The van der Waals surface area contributed by atoms with Crippen LogP contribution < -0.4 is 9.46 Å². The van der Waals surface area contributed by atoms with Gasteiger partial charge in [-0.15, -0.1) is 0 Å². The first-order valence-electron chi connectivity index (χ1n) is 10.7. The Labute approximate surface area is 189 Å². The fraction of sp³-hybridized carbons (Fsp3) is 0.280. The molecule has 0 bridgehead atoms. The van der Waals surface area contributed by atoms with Gasteiger partial charge in [0, 0.05) is 13.6 Å². The molecule has 4 rings (SSSR count). The molecule has 0 unspecified atom stereocenters. The van der Waals surface area contributed by atoms with E-state index in [0.717, 1.165) is 16.7 Å². The van der Waals surface area contributed by atoms with Crippen molar-refractivity contribution in [3.63, 3.8) is 0 Å². The average Bonchev–Trinajstić information content (AvgIpc) is 3.21. The van der Waals surface area contributed by atoms with Gasteiger partial charge in [-0.05, 0) is 35.2 Å². The van der Waals surface area contributed by atoms with Gasteiger partial charge in [0.1, 0.15) is 17.6 Å². The maximum absolute atomic E-state index is 13.1. The monoisotopic (exact) mass is 452 g/mol. The zero-order valence-corrected chi connectivity index (χ0v) is 18.9. The third-order valence-electron chi connectivity index (χ3n) is 5.59. The molecule has 3 aromatic carbocycles. The first-order valence-corrected chi connectivity index (χ1v) is 12.2. The van der Waals surface area contributed by atoms with E-state index < -0.39 is 21.3 Å². The molecule has 0 saturated carbocycles. The minimum Gasteiger partial charge on any atom is -0.489 e. The van der Waals surface area contributed by atoms with E-state index in [9.17, 15) is 8.42 Å². The molecule has 0 amide bonds. The summed E-state index contributed by atoms with van der Waals surface area (Å²) in [7, 11) is -1.82. The van der Waals surface area contributed by atoms with Crippen LogP contribution in [0.4, 0.5) is 0 Å². The van der Waals surface area contributed by atoms with Crippen LogP contribution in [0.15, 0.2) is 84.9 Å². The van der Waals surface area contributed by atoms with E-state index in [1.54, 1.807) is 12.1 Å². The summed E-state index contributed by atoms with van der Waals surface area (Å²) < 4.78 is 34.9. The predicted octanol–water partition coefficient (Wildman–Crippen LogP) is 3.71. The molecule has 1 aliphatic rings. The fourth-order valence-corrected chi connectivity index (χ4v) is 5.41. The lowest BCUT2D eigenvalue weighted by Crippen LogP contribution is -2.40. The van der Waals surface area contributed by atoms with E-state index in [2.05, 4.69) is 4.72 Å². The normalized spacial score (nSPS) is 19.2. The molecule has 0 aromatic heterocycles. The molecule has 0 spiro atoms. The topological polar surface area (TPSA) is 67.9 Å². The molecule has 1 N–H and O–H groups in total. The second-order valence-electron chi connectivity index (χ2n) is 7.85. The highest BCUT2D eigenvalue weighted by Gasteiger charge is 2.43. The third-order valence-corrected chi connectivity index (χ3v) is 7.39. The molecule has 6 nitrogen and oxygen atoms in total. The predicted molar refractivity (Wildman–Crippen MR) is 125 cm³/mol. The van der Waals surface area contributed by atoms with Gasteiger partial charge in [0.2, 0.25) is 10.0 Å². The summed E-state index contributed by atoms with van der Waals surface area (Å²) in [6, 6.07) is 26.9. The van der Waals surface area contributed by atoms with Crippen LogP contribution in [0.2, 0.25) is 0 Å². The Morgan fingerprint density at radius 3 is 2.38 bits per heavy atom. The molecule has 0 radical (unpaired) electrons. The summed E-state index contributed by atoms with van der Waals surface area (Å²) in [5.41, 5.74) is 3.01. The molecule has 1 saturated heterocycles. The van der Waals surface area contributed by atoms with Crippen molar-refractivity contribution in [2.24, 2.45) is 0 Å². The second kappa shape index (κ2) is 10.3. The quantitative estimate of drug-likeness (QED) is 0.536. The Bertz CT molecular complexity index is 1110. The third kappa shape index (κ3) is 5.55. The number of benzene rings is 3. The van der Waals surface area contributed by atoms with Gasteiger partial charge in [0.15, 0.2) is 0 Å². The van der Waals surface area contributed by atoms with Crippen molar-refractivity contribution < 1.29 is 18.0 Å². The number of hydroxylamine groups is 2. The van der Waals surface area contributed by atoms with Crippen molar-refractivity contribution in [3.8, 4) is 5.75 Å². The molecule has 3 aromatic rings. The molecular weight excluding hydrogens is 424 g/mol. The molecule has 168 valence electrons. The summed E-state index contributed by atoms with van der Waals surface area (Å²) >= 11 is 0. The molecule has 2 atom stereocenters. The summed E-state index contributed by atoms with van der Waals surface area (Å²) in [6.45, 7) is 0.903. The molecule has 1 aliphatic heterocycles. The summed E-state index contributed by atoms with van der Waals surface area (Å²) in [5, 5.41) is 0.907. The number of rotatable bonds is 9. The van der Waals surface area contributed by atoms with Crippen LogP contribution in [0.5, 0.6) is 5.75 Å². The van der Waals surface area contributed by atoms with Crippen LogP contribution >= 0.6 is 0 Å². The van der Waals surface area contributed by atoms with E-state index >= 15 is 0 Å². The standard InChI is InChI=1S/C25H28N2O4S/c1-27-25(22-13-8-14-23(17-22)30-18-21-11-6-3-7-12-21)24(19-31-27)32(28,29)26-16-15-20-9-4-2-5-10-20/h2-14,17,24-26H,15-16,18-19H2,1H3/t24-,25+/m1/s1. The lowest BCUT2D eigenvalue weighted by molar-refractivity contribution is -0.110. The second-order valence-corrected chi connectivity index (χ2v) is 9.83. The zero-order valence-electron chi connectivity index (χ0n) is 18.1. The van der Waals surface area contributed by atoms with Gasteiger partial charge in [-0.1, -0.05) is 72.8 Å². The molecule has 32 heavy (non-hydrogen) atoms. The van der Waals surface area contributed by atoms with E-state index in [0.29, 0.717) is 25.3 Å². The highest BCUT2D eigenvalue weighted by atomic mass is 32.2. The van der Waals surface area contributed by atoms with Crippen LogP contribution in [0.3, 0.4) is 0 Å². The van der Waals surface area contributed by atoms with Crippen LogP contribution in [0.25, 0.3) is 0 Å². The fourth-order valence-electron chi connectivity index (χ4n) is 3.90. The lowest BCUT2D eigenvalue weighted by Gasteiger charge is -2.23. The van der Waals surface area contributed by atoms with Crippen molar-refractivity contribution >= 4 is 10.0 Å². The van der Waals surface area contributed by atoms with Crippen LogP contribution in [-0.4, -0.2) is 38.9 Å². The van der Waals surface area contributed by atoms with Gasteiger partial charge < -0.3 is 4.74 Å². The number of nitrogens with one attached hydrogen (secondary N) is 1. The summed E-state index contributed by atoms with van der Waals surface area (Å²) in [5.74, 6) is 0.694. The highest BCUT2D eigenvalue weighted by molar-refractivity contribution is 7.90. The molecular formula is C25H28N2O4S. The SMILES string of the molecule is CN1OC[C@@H](S(=O)(=O)NCCc2ccccc2)[C@@H]1c1cccc(OCc2ccccc2)c1. The van der Waals surface area contributed by atoms with Crippen molar-refractivity contribution in [2.75, 3.05) is 20.2 Å². The van der Waals surface area contributed by atoms with E-state index in [4.69, 9.17) is 9.57 Å². The molecule has 1 fully saturated rings. The number of ether oxygens (including phenoxy) is 1. The number of nitrogens with zero attached hydrogens (tertiary/aromatic N) is 1. The van der Waals surface area contributed by atoms with Crippen molar-refractivity contribution in [2.45, 2.75) is 24.3 Å². The minimum atomic E-state index is -3.59. The highest BCUT2D eigenvalue weighted by Crippen LogP contribution is 2.34. The Hall–Kier alpha value is -2.71. The first kappa shape index (κ1) is 22.5. The summed E-state index contributed by atoms with van der Waals surface area (Å²) in [6.07, 6.45) is 0.636. The molecule has 7 heteroatoms. The van der Waals surface area contributed by atoms with Crippen LogP contribution in [0, 0.1) is 0 Å². The molecule has 1 heterocycles. The minimum absolute atomic E-state index is 0.108. The first-order chi connectivity index (χ1) is 15.5. The van der Waals surface area contributed by atoms with Gasteiger partial charge in [-0.3, -0.25) is 4.84 Å². The van der Waals surface area contributed by atoms with E-state index in [-0.39, 0.29) is 6.61 Å². The van der Waals surface area contributed by atoms with Crippen molar-refractivity contribution in [1.82, 2.24) is 9.79 Å². The maximum atomic E-state index is 13.1.